The van der Waals surface area contributed by atoms with Crippen molar-refractivity contribution in [2.75, 3.05) is 5.32 Å². The van der Waals surface area contributed by atoms with Crippen molar-refractivity contribution < 1.29 is 9.59 Å². The monoisotopic (exact) mass is 337 g/mol. The highest BCUT2D eigenvalue weighted by Gasteiger charge is 2.13. The number of aromatic nitrogens is 5. The predicted molar refractivity (Wildman–Crippen MR) is 88.9 cm³/mol. The molecule has 2 aromatic heterocycles. The van der Waals surface area contributed by atoms with Crippen LogP contribution in [0.1, 0.15) is 5.56 Å². The molecule has 0 unspecified atom stereocenters. The number of pyridine rings is 1. The van der Waals surface area contributed by atoms with E-state index in [0.29, 0.717) is 11.5 Å². The average molecular weight is 337 g/mol. The second kappa shape index (κ2) is 7.30. The Balaban J connectivity index is 1.56. The van der Waals surface area contributed by atoms with E-state index in [4.69, 9.17) is 0 Å². The first kappa shape index (κ1) is 16.2. The molecule has 0 saturated carbocycles. The maximum Gasteiger partial charge on any atom is 0.313 e. The Kier molecular flexibility index (Phi) is 4.74. The summed E-state index contributed by atoms with van der Waals surface area (Å²) in [5.74, 6) is -0.966. The van der Waals surface area contributed by atoms with Crippen molar-refractivity contribution in [1.29, 1.82) is 0 Å². The van der Waals surface area contributed by atoms with Crippen molar-refractivity contribution in [3.8, 4) is 11.4 Å². The molecule has 0 fully saturated rings. The fraction of sp³-hybridized carbons (Fsp3) is 0.125. The van der Waals surface area contributed by atoms with E-state index in [-0.39, 0.29) is 6.54 Å². The summed E-state index contributed by atoms with van der Waals surface area (Å²) in [5.41, 5.74) is 2.11. The Morgan fingerprint density at radius 1 is 1.04 bits per heavy atom. The van der Waals surface area contributed by atoms with E-state index in [2.05, 4.69) is 31.0 Å². The molecule has 9 heteroatoms. The number of nitrogens with one attached hydrogen (secondary N) is 2. The maximum absolute atomic E-state index is 11.9. The molecule has 9 nitrogen and oxygen atoms in total. The molecule has 0 aliphatic heterocycles. The lowest BCUT2D eigenvalue weighted by Gasteiger charge is -2.07. The summed E-state index contributed by atoms with van der Waals surface area (Å²) in [6, 6.07) is 10.3. The van der Waals surface area contributed by atoms with Gasteiger partial charge < -0.3 is 10.6 Å². The normalized spacial score (nSPS) is 10.3. The molecule has 0 spiro atoms. The van der Waals surface area contributed by atoms with E-state index in [9.17, 15) is 9.59 Å². The molecule has 0 atom stereocenters. The average Bonchev–Trinajstić information content (AvgIpc) is 3.07. The van der Waals surface area contributed by atoms with Crippen molar-refractivity contribution in [3.63, 3.8) is 0 Å². The summed E-state index contributed by atoms with van der Waals surface area (Å²) in [6.07, 6.45) is 3.24. The number of nitrogens with zero attached hydrogens (tertiary/aromatic N) is 5. The van der Waals surface area contributed by atoms with Crippen molar-refractivity contribution in [1.82, 2.24) is 30.5 Å². The maximum atomic E-state index is 11.9. The molecule has 0 aliphatic carbocycles. The topological polar surface area (TPSA) is 115 Å². The van der Waals surface area contributed by atoms with Gasteiger partial charge in [0.2, 0.25) is 5.82 Å². The minimum atomic E-state index is -0.737. The van der Waals surface area contributed by atoms with Crippen LogP contribution in [0.5, 0.6) is 0 Å². The highest BCUT2D eigenvalue weighted by Crippen LogP contribution is 2.16. The van der Waals surface area contributed by atoms with Crippen LogP contribution >= 0.6 is 0 Å². The van der Waals surface area contributed by atoms with Crippen molar-refractivity contribution in [2.24, 2.45) is 7.05 Å². The van der Waals surface area contributed by atoms with Gasteiger partial charge in [-0.3, -0.25) is 14.6 Å². The van der Waals surface area contributed by atoms with E-state index in [1.165, 1.54) is 4.80 Å². The minimum absolute atomic E-state index is 0.256. The van der Waals surface area contributed by atoms with Gasteiger partial charge in [-0.2, -0.15) is 4.80 Å². The van der Waals surface area contributed by atoms with Crippen LogP contribution in [0.15, 0.2) is 48.8 Å². The number of carbonyl (C=O) groups excluding carboxylic acids is 2. The number of rotatable bonds is 4. The Labute approximate surface area is 143 Å². The SMILES string of the molecule is Cn1nnc(-c2ccc(NC(=O)C(=O)NCc3ccncc3)cc2)n1. The van der Waals surface area contributed by atoms with Gasteiger partial charge in [-0.15, -0.1) is 10.2 Å². The summed E-state index contributed by atoms with van der Waals surface area (Å²) in [4.78, 5) is 29.0. The van der Waals surface area contributed by atoms with E-state index in [1.807, 2.05) is 0 Å². The molecule has 3 aromatic rings. The summed E-state index contributed by atoms with van der Waals surface area (Å²) in [6.45, 7) is 0.256. The third-order valence-corrected chi connectivity index (χ3v) is 3.32. The molecule has 0 aliphatic rings. The molecular formula is C16H15N7O2. The molecule has 1 aromatic carbocycles. The van der Waals surface area contributed by atoms with E-state index in [0.717, 1.165) is 11.1 Å². The molecule has 0 bridgehead atoms. The lowest BCUT2D eigenvalue weighted by molar-refractivity contribution is -0.136. The van der Waals surface area contributed by atoms with Crippen molar-refractivity contribution >= 4 is 17.5 Å². The van der Waals surface area contributed by atoms with Crippen molar-refractivity contribution in [2.45, 2.75) is 6.54 Å². The zero-order chi connectivity index (χ0) is 17.6. The molecule has 3 rings (SSSR count). The van der Waals surface area contributed by atoms with Gasteiger partial charge in [-0.1, -0.05) is 0 Å². The van der Waals surface area contributed by atoms with Crippen LogP contribution in [0.25, 0.3) is 11.4 Å². The van der Waals surface area contributed by atoms with E-state index >= 15 is 0 Å². The summed E-state index contributed by atoms with van der Waals surface area (Å²) in [7, 11) is 1.68. The second-order valence-corrected chi connectivity index (χ2v) is 5.17. The Morgan fingerprint density at radius 3 is 2.40 bits per heavy atom. The van der Waals surface area contributed by atoms with Gasteiger partial charge >= 0.3 is 11.8 Å². The summed E-state index contributed by atoms with van der Waals surface area (Å²) < 4.78 is 0. The first-order valence-electron chi connectivity index (χ1n) is 7.44. The van der Waals surface area contributed by atoms with E-state index in [1.54, 1.807) is 55.8 Å². The van der Waals surface area contributed by atoms with E-state index < -0.39 is 11.8 Å². The smallest absolute Gasteiger partial charge is 0.313 e. The fourth-order valence-corrected chi connectivity index (χ4v) is 2.05. The quantitative estimate of drug-likeness (QED) is 0.671. The molecule has 0 saturated heterocycles. The zero-order valence-electron chi connectivity index (χ0n) is 13.4. The number of benzene rings is 1. The second-order valence-electron chi connectivity index (χ2n) is 5.17. The Hall–Kier alpha value is -3.62. The fourth-order valence-electron chi connectivity index (χ4n) is 2.05. The molecule has 2 heterocycles. The number of tetrazole rings is 1. The summed E-state index contributed by atoms with van der Waals surface area (Å²) >= 11 is 0. The lowest BCUT2D eigenvalue weighted by atomic mass is 10.2. The lowest BCUT2D eigenvalue weighted by Crippen LogP contribution is -2.34. The third-order valence-electron chi connectivity index (χ3n) is 3.32. The van der Waals surface area contributed by atoms with Gasteiger partial charge in [0.15, 0.2) is 0 Å². The number of hydrogen-bond donors (Lipinski definition) is 2. The van der Waals surface area contributed by atoms with Gasteiger partial charge in [0.05, 0.1) is 7.05 Å². The number of carbonyl (C=O) groups is 2. The van der Waals surface area contributed by atoms with Crippen LogP contribution in [0, 0.1) is 0 Å². The van der Waals surface area contributed by atoms with Crippen LogP contribution in [0.3, 0.4) is 0 Å². The number of hydrogen-bond acceptors (Lipinski definition) is 6. The summed E-state index contributed by atoms with van der Waals surface area (Å²) in [5, 5.41) is 16.8. The van der Waals surface area contributed by atoms with Crippen LogP contribution in [-0.4, -0.2) is 37.0 Å². The van der Waals surface area contributed by atoms with Gasteiger partial charge in [-0.05, 0) is 47.2 Å². The largest absolute Gasteiger partial charge is 0.344 e. The van der Waals surface area contributed by atoms with Gasteiger partial charge in [0, 0.05) is 30.2 Å². The molecule has 126 valence electrons. The highest BCUT2D eigenvalue weighted by atomic mass is 16.2. The third kappa shape index (κ3) is 4.22. The number of anilines is 1. The Morgan fingerprint density at radius 2 is 1.76 bits per heavy atom. The van der Waals surface area contributed by atoms with Crippen molar-refractivity contribution in [3.05, 3.63) is 54.4 Å². The van der Waals surface area contributed by atoms with Crippen LogP contribution in [0.2, 0.25) is 0 Å². The standard InChI is InChI=1S/C16H15N7O2/c1-23-21-14(20-22-23)12-2-4-13(5-3-12)19-16(25)15(24)18-10-11-6-8-17-9-7-11/h2-9H,10H2,1H3,(H,18,24)(H,19,25). The minimum Gasteiger partial charge on any atom is -0.344 e. The molecular weight excluding hydrogens is 322 g/mol. The zero-order valence-corrected chi connectivity index (χ0v) is 13.4. The molecule has 25 heavy (non-hydrogen) atoms. The highest BCUT2D eigenvalue weighted by molar-refractivity contribution is 6.39. The van der Waals surface area contributed by atoms with Crippen LogP contribution < -0.4 is 10.6 Å². The molecule has 0 radical (unpaired) electrons. The van der Waals surface area contributed by atoms with Gasteiger partial charge in [0.25, 0.3) is 0 Å². The van der Waals surface area contributed by atoms with Crippen LogP contribution in [-0.2, 0) is 23.2 Å². The first-order valence-corrected chi connectivity index (χ1v) is 7.44. The molecule has 2 amide bonds. The molecule has 2 N–H and O–H groups in total. The number of aryl methyl sites for hydroxylation is 1. The predicted octanol–water partition coefficient (Wildman–Crippen LogP) is 0.527. The first-order chi connectivity index (χ1) is 12.1. The van der Waals surface area contributed by atoms with Gasteiger partial charge in [0.1, 0.15) is 0 Å². The van der Waals surface area contributed by atoms with Crippen LogP contribution in [0.4, 0.5) is 5.69 Å². The van der Waals surface area contributed by atoms with Gasteiger partial charge in [-0.25, -0.2) is 0 Å². The number of amides is 2. The Bertz CT molecular complexity index is 875.